The van der Waals surface area contributed by atoms with Crippen molar-refractivity contribution in [2.75, 3.05) is 0 Å². The highest BCUT2D eigenvalue weighted by molar-refractivity contribution is 5.24. The minimum absolute atomic E-state index is 0.0153. The van der Waals surface area contributed by atoms with E-state index in [1.165, 1.54) is 0 Å². The Balaban J connectivity index is 2.20. The maximum atomic E-state index is 6.19. The van der Waals surface area contributed by atoms with Gasteiger partial charge in [0.25, 0.3) is 0 Å². The Hall–Kier alpha value is -0.380. The highest BCUT2D eigenvalue weighted by Crippen LogP contribution is 2.44. The lowest BCUT2D eigenvalue weighted by Gasteiger charge is -2.38. The SMILES string of the molecule is CC(C)(C)OC1C2C=CC(C)(O2)C1OC(C)(C)C. The van der Waals surface area contributed by atoms with Gasteiger partial charge in [-0.2, -0.15) is 0 Å². The Morgan fingerprint density at radius 2 is 1.56 bits per heavy atom. The standard InChI is InChI=1S/C15H26O3/c1-13(2,3)17-11-10-8-9-15(7,16-10)12(11)18-14(4,5)6/h8-12H,1-7H3. The van der Waals surface area contributed by atoms with E-state index >= 15 is 0 Å². The second kappa shape index (κ2) is 4.06. The van der Waals surface area contributed by atoms with Crippen molar-refractivity contribution in [3.8, 4) is 0 Å². The molecule has 0 aliphatic carbocycles. The van der Waals surface area contributed by atoms with Crippen LogP contribution < -0.4 is 0 Å². The summed E-state index contributed by atoms with van der Waals surface area (Å²) in [6.45, 7) is 14.5. The lowest BCUT2D eigenvalue weighted by atomic mass is 9.89. The molecule has 3 nitrogen and oxygen atoms in total. The molecule has 0 aromatic heterocycles. The van der Waals surface area contributed by atoms with Crippen LogP contribution in [-0.4, -0.2) is 35.1 Å². The van der Waals surface area contributed by atoms with Crippen LogP contribution in [0.15, 0.2) is 12.2 Å². The molecular formula is C15H26O3. The minimum Gasteiger partial charge on any atom is -0.367 e. The predicted octanol–water partition coefficient (Wildman–Crippen LogP) is 3.08. The fourth-order valence-corrected chi connectivity index (χ4v) is 2.60. The van der Waals surface area contributed by atoms with Gasteiger partial charge in [0.2, 0.25) is 0 Å². The summed E-state index contributed by atoms with van der Waals surface area (Å²) >= 11 is 0. The van der Waals surface area contributed by atoms with Crippen LogP contribution in [0.3, 0.4) is 0 Å². The Labute approximate surface area is 110 Å². The van der Waals surface area contributed by atoms with Crippen molar-refractivity contribution in [3.63, 3.8) is 0 Å². The topological polar surface area (TPSA) is 27.7 Å². The summed E-state index contributed by atoms with van der Waals surface area (Å²) in [5.74, 6) is 0. The van der Waals surface area contributed by atoms with Gasteiger partial charge in [-0.25, -0.2) is 0 Å². The van der Waals surface area contributed by atoms with Crippen molar-refractivity contribution in [3.05, 3.63) is 12.2 Å². The summed E-state index contributed by atoms with van der Waals surface area (Å²) in [5, 5.41) is 0. The molecule has 2 bridgehead atoms. The molecule has 1 fully saturated rings. The number of hydrogen-bond acceptors (Lipinski definition) is 3. The zero-order valence-electron chi connectivity index (χ0n) is 12.6. The first kappa shape index (κ1) is 14.0. The van der Waals surface area contributed by atoms with E-state index < -0.39 is 0 Å². The third kappa shape index (κ3) is 2.79. The average molecular weight is 254 g/mol. The quantitative estimate of drug-likeness (QED) is 0.709. The van der Waals surface area contributed by atoms with Crippen molar-refractivity contribution in [1.82, 2.24) is 0 Å². The van der Waals surface area contributed by atoms with E-state index in [1.807, 2.05) is 0 Å². The van der Waals surface area contributed by atoms with Crippen LogP contribution in [0.5, 0.6) is 0 Å². The van der Waals surface area contributed by atoms with Crippen molar-refractivity contribution in [1.29, 1.82) is 0 Å². The van der Waals surface area contributed by atoms with E-state index in [1.54, 1.807) is 0 Å². The van der Waals surface area contributed by atoms with Crippen LogP contribution in [0.1, 0.15) is 48.5 Å². The fourth-order valence-electron chi connectivity index (χ4n) is 2.60. The van der Waals surface area contributed by atoms with E-state index in [2.05, 4.69) is 60.6 Å². The first-order valence-electron chi connectivity index (χ1n) is 6.73. The predicted molar refractivity (Wildman–Crippen MR) is 71.7 cm³/mol. The van der Waals surface area contributed by atoms with Gasteiger partial charge in [-0.15, -0.1) is 0 Å². The molecule has 0 aromatic carbocycles. The molecule has 4 unspecified atom stereocenters. The number of fused-ring (bicyclic) bond motifs is 2. The van der Waals surface area contributed by atoms with Gasteiger partial charge in [-0.3, -0.25) is 0 Å². The van der Waals surface area contributed by atoms with Gasteiger partial charge >= 0.3 is 0 Å². The monoisotopic (exact) mass is 254 g/mol. The minimum atomic E-state index is -0.353. The van der Waals surface area contributed by atoms with E-state index in [-0.39, 0.29) is 35.1 Å². The van der Waals surface area contributed by atoms with Crippen molar-refractivity contribution in [2.24, 2.45) is 0 Å². The molecule has 0 spiro atoms. The molecule has 0 N–H and O–H groups in total. The van der Waals surface area contributed by atoms with Crippen LogP contribution in [0.4, 0.5) is 0 Å². The summed E-state index contributed by atoms with van der Waals surface area (Å²) in [6, 6.07) is 0. The largest absolute Gasteiger partial charge is 0.367 e. The van der Waals surface area contributed by atoms with Gasteiger partial charge in [0.1, 0.15) is 23.9 Å². The molecule has 0 aromatic rings. The summed E-state index contributed by atoms with van der Waals surface area (Å²) in [6.07, 6.45) is 4.14. The van der Waals surface area contributed by atoms with E-state index in [4.69, 9.17) is 14.2 Å². The van der Waals surface area contributed by atoms with Crippen molar-refractivity contribution < 1.29 is 14.2 Å². The molecule has 104 valence electrons. The molecule has 2 rings (SSSR count). The Morgan fingerprint density at radius 1 is 1.00 bits per heavy atom. The van der Waals surface area contributed by atoms with E-state index in [0.29, 0.717) is 0 Å². The van der Waals surface area contributed by atoms with Crippen LogP contribution >= 0.6 is 0 Å². The number of ether oxygens (including phenoxy) is 3. The highest BCUT2D eigenvalue weighted by atomic mass is 16.6. The van der Waals surface area contributed by atoms with E-state index in [9.17, 15) is 0 Å². The first-order chi connectivity index (χ1) is 8.00. The van der Waals surface area contributed by atoms with Crippen molar-refractivity contribution in [2.45, 2.75) is 83.6 Å². The average Bonchev–Trinajstić information content (AvgIpc) is 2.59. The second-order valence-corrected chi connectivity index (χ2v) is 7.47. The van der Waals surface area contributed by atoms with Gasteiger partial charge in [0.05, 0.1) is 11.2 Å². The molecule has 18 heavy (non-hydrogen) atoms. The van der Waals surface area contributed by atoms with Gasteiger partial charge in [0.15, 0.2) is 0 Å². The Bertz CT molecular complexity index is 348. The zero-order valence-corrected chi connectivity index (χ0v) is 12.6. The molecule has 0 saturated carbocycles. The van der Waals surface area contributed by atoms with Crippen LogP contribution in [-0.2, 0) is 14.2 Å². The third-order valence-corrected chi connectivity index (χ3v) is 3.16. The number of rotatable bonds is 2. The fraction of sp³-hybridized carbons (Fsp3) is 0.867. The lowest BCUT2D eigenvalue weighted by molar-refractivity contribution is -0.163. The third-order valence-electron chi connectivity index (χ3n) is 3.16. The molecule has 0 amide bonds. The number of hydrogen-bond donors (Lipinski definition) is 0. The maximum absolute atomic E-state index is 6.19. The Morgan fingerprint density at radius 3 is 2.06 bits per heavy atom. The summed E-state index contributed by atoms with van der Waals surface area (Å²) in [4.78, 5) is 0. The molecule has 2 aliphatic heterocycles. The van der Waals surface area contributed by atoms with Crippen molar-refractivity contribution >= 4 is 0 Å². The molecule has 2 heterocycles. The summed E-state index contributed by atoms with van der Waals surface area (Å²) in [5.41, 5.74) is -0.745. The lowest BCUT2D eigenvalue weighted by Crippen LogP contribution is -2.50. The molecule has 0 radical (unpaired) electrons. The summed E-state index contributed by atoms with van der Waals surface area (Å²) < 4.78 is 18.4. The molecule has 4 atom stereocenters. The molecule has 3 heteroatoms. The Kier molecular flexibility index (Phi) is 3.16. The first-order valence-corrected chi connectivity index (χ1v) is 6.73. The smallest absolute Gasteiger partial charge is 0.119 e. The molecule has 2 aliphatic rings. The normalized spacial score (nSPS) is 39.6. The summed E-state index contributed by atoms with van der Waals surface area (Å²) in [7, 11) is 0. The van der Waals surface area contributed by atoms with Crippen LogP contribution in [0.25, 0.3) is 0 Å². The molecular weight excluding hydrogens is 228 g/mol. The molecule has 1 saturated heterocycles. The van der Waals surface area contributed by atoms with Gasteiger partial charge in [-0.1, -0.05) is 12.2 Å². The highest BCUT2D eigenvalue weighted by Gasteiger charge is 2.57. The van der Waals surface area contributed by atoms with Gasteiger partial charge in [0, 0.05) is 0 Å². The van der Waals surface area contributed by atoms with Gasteiger partial charge < -0.3 is 14.2 Å². The maximum Gasteiger partial charge on any atom is 0.119 e. The van der Waals surface area contributed by atoms with Crippen LogP contribution in [0.2, 0.25) is 0 Å². The second-order valence-electron chi connectivity index (χ2n) is 7.47. The zero-order chi connectivity index (χ0) is 13.8. The van der Waals surface area contributed by atoms with Gasteiger partial charge in [-0.05, 0) is 48.5 Å². The van der Waals surface area contributed by atoms with E-state index in [0.717, 1.165) is 0 Å². The van der Waals surface area contributed by atoms with Crippen LogP contribution in [0, 0.1) is 0 Å².